The van der Waals surface area contributed by atoms with Crippen LogP contribution in [0.4, 0.5) is 4.79 Å². The Bertz CT molecular complexity index is 672. The number of nitrogens with zero attached hydrogens (tertiary/aromatic N) is 2. The van der Waals surface area contributed by atoms with E-state index in [1.165, 1.54) is 16.2 Å². The van der Waals surface area contributed by atoms with Gasteiger partial charge in [0.1, 0.15) is 6.04 Å². The van der Waals surface area contributed by atoms with Gasteiger partial charge in [-0.3, -0.25) is 9.35 Å². The molecule has 2 saturated heterocycles. The number of rotatable bonds is 3. The van der Waals surface area contributed by atoms with Crippen LogP contribution in [0.2, 0.25) is 0 Å². The number of urea groups is 1. The number of hydrogen-bond donors (Lipinski definition) is 2. The summed E-state index contributed by atoms with van der Waals surface area (Å²) in [5.41, 5.74) is 0. The zero-order valence-electron chi connectivity index (χ0n) is 10.8. The molecule has 2 unspecified atom stereocenters. The van der Waals surface area contributed by atoms with E-state index in [0.717, 1.165) is 4.88 Å². The Kier molecular flexibility index (Phi) is 3.38. The molecule has 2 atom stereocenters. The zero-order chi connectivity index (χ0) is 15.2. The van der Waals surface area contributed by atoms with Crippen molar-refractivity contribution in [3.8, 4) is 0 Å². The first kappa shape index (κ1) is 14.3. The van der Waals surface area contributed by atoms with Crippen LogP contribution in [0.15, 0.2) is 17.5 Å². The van der Waals surface area contributed by atoms with Crippen LogP contribution in [0, 0.1) is 0 Å². The van der Waals surface area contributed by atoms with Crippen LogP contribution in [0.1, 0.15) is 11.3 Å². The van der Waals surface area contributed by atoms with Crippen molar-refractivity contribution in [1.29, 1.82) is 0 Å². The van der Waals surface area contributed by atoms with Crippen LogP contribution in [0.3, 0.4) is 0 Å². The molecule has 3 heterocycles. The van der Waals surface area contributed by atoms with Gasteiger partial charge in [-0.25, -0.2) is 9.10 Å². The number of likely N-dealkylation sites (tertiary alicyclic amines) is 1. The zero-order valence-corrected chi connectivity index (χ0v) is 12.4. The van der Waals surface area contributed by atoms with Gasteiger partial charge < -0.3 is 10.2 Å². The van der Waals surface area contributed by atoms with Gasteiger partial charge in [0.2, 0.25) is 0 Å². The minimum absolute atomic E-state index is 0.281. The Morgan fingerprint density at radius 3 is 2.90 bits per heavy atom. The second kappa shape index (κ2) is 4.97. The quantitative estimate of drug-likeness (QED) is 0.601. The largest absolute Gasteiger partial charge is 0.362 e. The summed E-state index contributed by atoms with van der Waals surface area (Å²) < 4.78 is 31.6. The molecule has 0 aliphatic carbocycles. The van der Waals surface area contributed by atoms with E-state index in [2.05, 4.69) is 5.32 Å². The Morgan fingerprint density at radius 2 is 2.29 bits per heavy atom. The van der Waals surface area contributed by atoms with E-state index in [-0.39, 0.29) is 6.54 Å². The molecule has 3 amide bonds. The summed E-state index contributed by atoms with van der Waals surface area (Å²) in [6, 6.07) is 1.90. The molecule has 10 heteroatoms. The van der Waals surface area contributed by atoms with Crippen LogP contribution in [0.25, 0.3) is 0 Å². The van der Waals surface area contributed by atoms with Crippen LogP contribution in [-0.4, -0.2) is 52.7 Å². The molecule has 0 spiro atoms. The van der Waals surface area contributed by atoms with E-state index in [9.17, 15) is 18.0 Å². The minimum Gasteiger partial charge on any atom is -0.333 e. The fourth-order valence-electron chi connectivity index (χ4n) is 2.72. The molecular formula is C11H13N3O5S2. The van der Waals surface area contributed by atoms with Crippen molar-refractivity contribution in [2.24, 2.45) is 0 Å². The first-order valence-electron chi connectivity index (χ1n) is 6.27. The normalized spacial score (nSPS) is 24.7. The van der Waals surface area contributed by atoms with Crippen LogP contribution >= 0.6 is 11.3 Å². The summed E-state index contributed by atoms with van der Waals surface area (Å²) in [6.45, 7) is 0.643. The number of amides is 3. The average Bonchev–Trinajstić information content (AvgIpc) is 3.00. The standard InChI is InChI=1S/C11H13N3O5S2/c15-10-9-8(14(10)21(17,18)19)3-4-13(9)11(16)12-6-7-2-1-5-20-7/h1-2,5,8-9H,3-4,6H2,(H,12,16)(H,17,18,19). The van der Waals surface area contributed by atoms with Crippen molar-refractivity contribution in [2.45, 2.75) is 25.0 Å². The lowest BCUT2D eigenvalue weighted by atomic mass is 10.0. The third-order valence-electron chi connectivity index (χ3n) is 3.64. The number of carbonyl (C=O) groups excluding carboxylic acids is 2. The predicted octanol–water partition coefficient (Wildman–Crippen LogP) is 0.0456. The lowest BCUT2D eigenvalue weighted by molar-refractivity contribution is -0.143. The molecule has 1 aromatic heterocycles. The van der Waals surface area contributed by atoms with Crippen molar-refractivity contribution in [3.63, 3.8) is 0 Å². The lowest BCUT2D eigenvalue weighted by Crippen LogP contribution is -2.68. The molecule has 3 rings (SSSR count). The van der Waals surface area contributed by atoms with Gasteiger partial charge in [-0.1, -0.05) is 6.07 Å². The molecule has 114 valence electrons. The highest BCUT2D eigenvalue weighted by atomic mass is 32.2. The molecule has 2 aliphatic heterocycles. The van der Waals surface area contributed by atoms with Gasteiger partial charge >= 0.3 is 16.3 Å². The predicted molar refractivity (Wildman–Crippen MR) is 73.8 cm³/mol. The van der Waals surface area contributed by atoms with E-state index >= 15 is 0 Å². The van der Waals surface area contributed by atoms with E-state index in [4.69, 9.17) is 4.55 Å². The number of β-lactam (4-membered cyclic amide) rings is 1. The summed E-state index contributed by atoms with van der Waals surface area (Å²) in [7, 11) is -4.54. The van der Waals surface area contributed by atoms with Gasteiger partial charge in [-0.05, 0) is 17.9 Å². The maximum Gasteiger partial charge on any atom is 0.362 e. The minimum atomic E-state index is -4.54. The SMILES string of the molecule is O=C(NCc1cccs1)N1CCC2C1C(=O)N2S(=O)(=O)O. The van der Waals surface area contributed by atoms with Crippen LogP contribution in [-0.2, 0) is 21.6 Å². The average molecular weight is 331 g/mol. The Balaban J connectivity index is 1.64. The van der Waals surface area contributed by atoms with E-state index in [0.29, 0.717) is 17.3 Å². The molecule has 21 heavy (non-hydrogen) atoms. The molecule has 2 fully saturated rings. The molecule has 2 N–H and O–H groups in total. The molecule has 0 bridgehead atoms. The summed E-state index contributed by atoms with van der Waals surface area (Å²) in [5, 5.41) is 4.60. The summed E-state index contributed by atoms with van der Waals surface area (Å²) in [4.78, 5) is 26.2. The van der Waals surface area contributed by atoms with Crippen molar-refractivity contribution >= 4 is 33.6 Å². The molecule has 2 aliphatic rings. The van der Waals surface area contributed by atoms with Gasteiger partial charge in [0.05, 0.1) is 12.6 Å². The summed E-state index contributed by atoms with van der Waals surface area (Å²) >= 11 is 1.51. The van der Waals surface area contributed by atoms with Crippen LogP contribution in [0.5, 0.6) is 0 Å². The molecule has 0 radical (unpaired) electrons. The maximum atomic E-state index is 12.1. The smallest absolute Gasteiger partial charge is 0.333 e. The van der Waals surface area contributed by atoms with E-state index in [1.807, 2.05) is 17.5 Å². The Labute approximate surface area is 125 Å². The second-order valence-corrected chi connectivity index (χ2v) is 7.17. The van der Waals surface area contributed by atoms with Gasteiger partial charge in [-0.15, -0.1) is 11.3 Å². The molecule has 0 saturated carbocycles. The highest BCUT2D eigenvalue weighted by molar-refractivity contribution is 7.84. The number of thiophene rings is 1. The van der Waals surface area contributed by atoms with Gasteiger partial charge in [0, 0.05) is 11.4 Å². The monoisotopic (exact) mass is 331 g/mol. The fourth-order valence-corrected chi connectivity index (χ4v) is 4.26. The Hall–Kier alpha value is -1.65. The third kappa shape index (κ3) is 2.39. The van der Waals surface area contributed by atoms with E-state index in [1.54, 1.807) is 0 Å². The van der Waals surface area contributed by atoms with Crippen LogP contribution < -0.4 is 5.32 Å². The number of carbonyl (C=O) groups is 2. The van der Waals surface area contributed by atoms with Crippen molar-refractivity contribution in [3.05, 3.63) is 22.4 Å². The topological polar surface area (TPSA) is 107 Å². The fraction of sp³-hybridized carbons (Fsp3) is 0.455. The molecule has 8 nitrogen and oxygen atoms in total. The molecule has 1 aromatic rings. The van der Waals surface area contributed by atoms with Crippen molar-refractivity contribution in [1.82, 2.24) is 14.5 Å². The lowest BCUT2D eigenvalue weighted by Gasteiger charge is -2.42. The molecule has 0 aromatic carbocycles. The number of hydrogen-bond acceptors (Lipinski definition) is 5. The third-order valence-corrected chi connectivity index (χ3v) is 5.47. The number of nitrogens with one attached hydrogen (secondary N) is 1. The first-order chi connectivity index (χ1) is 9.89. The Morgan fingerprint density at radius 1 is 1.52 bits per heavy atom. The van der Waals surface area contributed by atoms with Crippen molar-refractivity contribution < 1.29 is 22.6 Å². The second-order valence-electron chi connectivity index (χ2n) is 4.84. The summed E-state index contributed by atoms with van der Waals surface area (Å²) in [5.74, 6) is -0.758. The van der Waals surface area contributed by atoms with Crippen molar-refractivity contribution in [2.75, 3.05) is 6.54 Å². The van der Waals surface area contributed by atoms with Gasteiger partial charge in [0.25, 0.3) is 5.91 Å². The number of fused-ring (bicyclic) bond motifs is 1. The van der Waals surface area contributed by atoms with E-state index < -0.39 is 34.3 Å². The van der Waals surface area contributed by atoms with Gasteiger partial charge in [-0.2, -0.15) is 8.42 Å². The maximum absolute atomic E-state index is 12.1. The van der Waals surface area contributed by atoms with Gasteiger partial charge in [0.15, 0.2) is 0 Å². The first-order valence-corrected chi connectivity index (χ1v) is 8.55. The summed E-state index contributed by atoms with van der Waals surface area (Å²) in [6.07, 6.45) is 0.336. The highest BCUT2D eigenvalue weighted by Crippen LogP contribution is 2.35. The highest BCUT2D eigenvalue weighted by Gasteiger charge is 2.59. The molecular weight excluding hydrogens is 318 g/mol.